The summed E-state index contributed by atoms with van der Waals surface area (Å²) in [6.45, 7) is 0. The fourth-order valence-corrected chi connectivity index (χ4v) is 3.20. The number of aromatic nitrogens is 3. The van der Waals surface area contributed by atoms with Crippen LogP contribution in [0.2, 0.25) is 0 Å². The van der Waals surface area contributed by atoms with Crippen molar-refractivity contribution in [3.8, 4) is 28.6 Å². The van der Waals surface area contributed by atoms with Crippen LogP contribution in [0.25, 0.3) is 22.6 Å². The molecule has 0 spiro atoms. The monoisotopic (exact) mass is 404 g/mol. The molecule has 0 atom stereocenters. The summed E-state index contributed by atoms with van der Waals surface area (Å²) < 4.78 is 16.0. The van der Waals surface area contributed by atoms with Crippen molar-refractivity contribution >= 4 is 22.8 Å². The van der Waals surface area contributed by atoms with E-state index in [2.05, 4.69) is 20.3 Å². The molecule has 2 N–H and O–H groups in total. The Kier molecular flexibility index (Phi) is 5.21. The highest BCUT2D eigenvalue weighted by Crippen LogP contribution is 2.40. The number of rotatable bonds is 6. The van der Waals surface area contributed by atoms with Gasteiger partial charge in [0.25, 0.3) is 5.91 Å². The van der Waals surface area contributed by atoms with Crippen molar-refractivity contribution in [2.75, 3.05) is 26.6 Å². The van der Waals surface area contributed by atoms with Crippen molar-refractivity contribution in [2.24, 2.45) is 0 Å². The van der Waals surface area contributed by atoms with Crippen molar-refractivity contribution in [1.82, 2.24) is 15.0 Å². The topological polar surface area (TPSA) is 98.4 Å². The van der Waals surface area contributed by atoms with Gasteiger partial charge in [0.05, 0.1) is 32.4 Å². The number of methoxy groups -OCH3 is 3. The minimum atomic E-state index is -0.337. The van der Waals surface area contributed by atoms with Gasteiger partial charge in [0.2, 0.25) is 5.75 Å². The maximum Gasteiger partial charge on any atom is 0.259 e. The average Bonchev–Trinajstić information content (AvgIpc) is 3.22. The number of aromatic amines is 1. The van der Waals surface area contributed by atoms with Crippen LogP contribution in [-0.4, -0.2) is 42.2 Å². The number of carbonyl (C=O) groups excluding carboxylic acids is 1. The van der Waals surface area contributed by atoms with Crippen LogP contribution in [0.5, 0.6) is 17.2 Å². The number of hydrogen-bond donors (Lipinski definition) is 2. The zero-order valence-electron chi connectivity index (χ0n) is 16.7. The summed E-state index contributed by atoms with van der Waals surface area (Å²) >= 11 is 0. The molecule has 0 radical (unpaired) electrons. The molecule has 0 unspecified atom stereocenters. The molecule has 0 aliphatic heterocycles. The van der Waals surface area contributed by atoms with Crippen LogP contribution in [-0.2, 0) is 0 Å². The number of pyridine rings is 1. The second-order valence-corrected chi connectivity index (χ2v) is 6.38. The lowest BCUT2D eigenvalue weighted by Gasteiger charge is -2.15. The largest absolute Gasteiger partial charge is 0.493 e. The van der Waals surface area contributed by atoms with Gasteiger partial charge in [-0.15, -0.1) is 0 Å². The third kappa shape index (κ3) is 3.50. The van der Waals surface area contributed by atoms with Crippen LogP contribution in [0.4, 0.5) is 5.69 Å². The molecule has 8 heteroatoms. The van der Waals surface area contributed by atoms with E-state index >= 15 is 0 Å². The van der Waals surface area contributed by atoms with Crippen molar-refractivity contribution < 1.29 is 19.0 Å². The summed E-state index contributed by atoms with van der Waals surface area (Å²) in [6, 6.07) is 14.4. The number of nitrogens with one attached hydrogen (secondary N) is 2. The summed E-state index contributed by atoms with van der Waals surface area (Å²) in [4.78, 5) is 24.9. The number of carbonyl (C=O) groups is 1. The Hall–Kier alpha value is -4.07. The highest BCUT2D eigenvalue weighted by atomic mass is 16.5. The van der Waals surface area contributed by atoms with E-state index in [0.717, 1.165) is 11.1 Å². The number of anilines is 1. The van der Waals surface area contributed by atoms with Crippen LogP contribution in [0.3, 0.4) is 0 Å². The lowest BCUT2D eigenvalue weighted by Crippen LogP contribution is -2.14. The molecule has 1 amide bonds. The molecule has 4 rings (SSSR count). The van der Waals surface area contributed by atoms with E-state index in [-0.39, 0.29) is 5.91 Å². The Labute approximate surface area is 172 Å². The van der Waals surface area contributed by atoms with E-state index in [1.165, 1.54) is 21.3 Å². The van der Waals surface area contributed by atoms with Crippen molar-refractivity contribution in [3.05, 3.63) is 60.3 Å². The summed E-state index contributed by atoms with van der Waals surface area (Å²) in [5.74, 6) is 1.47. The van der Waals surface area contributed by atoms with Crippen LogP contribution < -0.4 is 19.5 Å². The van der Waals surface area contributed by atoms with Gasteiger partial charge in [-0.3, -0.25) is 4.79 Å². The Bertz CT molecular complexity index is 1190. The first kappa shape index (κ1) is 19.3. The number of imidazole rings is 1. The van der Waals surface area contributed by atoms with Gasteiger partial charge >= 0.3 is 0 Å². The predicted octanol–water partition coefficient (Wildman–Crippen LogP) is 3.90. The van der Waals surface area contributed by atoms with Gasteiger partial charge in [0, 0.05) is 17.4 Å². The summed E-state index contributed by atoms with van der Waals surface area (Å²) in [5, 5.41) is 2.89. The second-order valence-electron chi connectivity index (χ2n) is 6.38. The van der Waals surface area contributed by atoms with Gasteiger partial charge in [-0.25, -0.2) is 9.97 Å². The molecule has 0 bridgehead atoms. The molecule has 0 saturated heterocycles. The molecule has 2 aromatic heterocycles. The number of H-pyrrole nitrogens is 1. The normalized spacial score (nSPS) is 10.6. The second kappa shape index (κ2) is 8.12. The zero-order chi connectivity index (χ0) is 21.1. The molecule has 8 nitrogen and oxygen atoms in total. The zero-order valence-corrected chi connectivity index (χ0v) is 16.7. The molecule has 4 aromatic rings. The molecule has 30 heavy (non-hydrogen) atoms. The highest BCUT2D eigenvalue weighted by molar-refractivity contribution is 6.07. The first-order valence-electron chi connectivity index (χ1n) is 9.16. The van der Waals surface area contributed by atoms with Crippen molar-refractivity contribution in [2.45, 2.75) is 0 Å². The smallest absolute Gasteiger partial charge is 0.259 e. The molecule has 2 heterocycles. The predicted molar refractivity (Wildman–Crippen MR) is 113 cm³/mol. The van der Waals surface area contributed by atoms with Crippen molar-refractivity contribution in [3.63, 3.8) is 0 Å². The van der Waals surface area contributed by atoms with E-state index < -0.39 is 0 Å². The molecule has 152 valence electrons. The number of nitrogens with zero attached hydrogens (tertiary/aromatic N) is 2. The number of hydrogen-bond acceptors (Lipinski definition) is 6. The Morgan fingerprint density at radius 1 is 0.967 bits per heavy atom. The Morgan fingerprint density at radius 2 is 1.80 bits per heavy atom. The van der Waals surface area contributed by atoms with Gasteiger partial charge in [-0.05, 0) is 36.4 Å². The number of benzene rings is 2. The van der Waals surface area contributed by atoms with Gasteiger partial charge < -0.3 is 24.5 Å². The third-order valence-corrected chi connectivity index (χ3v) is 4.60. The Morgan fingerprint density at radius 3 is 2.53 bits per heavy atom. The van der Waals surface area contributed by atoms with Crippen LogP contribution in [0.15, 0.2) is 54.7 Å². The van der Waals surface area contributed by atoms with Crippen molar-refractivity contribution in [1.29, 1.82) is 0 Å². The number of amides is 1. The average molecular weight is 404 g/mol. The molecule has 2 aromatic carbocycles. The lowest BCUT2D eigenvalue weighted by molar-refractivity contribution is 0.102. The third-order valence-electron chi connectivity index (χ3n) is 4.60. The van der Waals surface area contributed by atoms with Crippen LogP contribution in [0, 0.1) is 0 Å². The molecule has 0 fully saturated rings. The number of ether oxygens (including phenoxy) is 3. The molecule has 0 saturated carbocycles. The van der Waals surface area contributed by atoms with Gasteiger partial charge in [-0.2, -0.15) is 0 Å². The fraction of sp³-hybridized carbons (Fsp3) is 0.136. The maximum atomic E-state index is 12.9. The van der Waals surface area contributed by atoms with E-state index in [1.807, 2.05) is 30.3 Å². The van der Waals surface area contributed by atoms with Crippen LogP contribution in [0.1, 0.15) is 10.4 Å². The molecule has 0 aliphatic rings. The van der Waals surface area contributed by atoms with Gasteiger partial charge in [0.1, 0.15) is 5.82 Å². The lowest BCUT2D eigenvalue weighted by atomic mass is 10.1. The number of fused-ring (bicyclic) bond motifs is 1. The molecule has 0 aliphatic carbocycles. The minimum absolute atomic E-state index is 0.300. The summed E-state index contributed by atoms with van der Waals surface area (Å²) in [7, 11) is 4.49. The van der Waals surface area contributed by atoms with E-state index in [1.54, 1.807) is 24.4 Å². The highest BCUT2D eigenvalue weighted by Gasteiger charge is 2.21. The van der Waals surface area contributed by atoms with E-state index in [4.69, 9.17) is 14.2 Å². The molecular weight excluding hydrogens is 384 g/mol. The SMILES string of the molecule is COc1ccc(C(=O)Nc2cccc(-c3nc4ncccc4[nH]3)c2)c(OC)c1OC. The first-order valence-corrected chi connectivity index (χ1v) is 9.16. The van der Waals surface area contributed by atoms with Crippen LogP contribution >= 0.6 is 0 Å². The minimum Gasteiger partial charge on any atom is -0.493 e. The van der Waals surface area contributed by atoms with E-state index in [9.17, 15) is 4.79 Å². The summed E-state index contributed by atoms with van der Waals surface area (Å²) in [5.41, 5.74) is 3.25. The quantitative estimate of drug-likeness (QED) is 0.506. The van der Waals surface area contributed by atoms with Gasteiger partial charge in [-0.1, -0.05) is 12.1 Å². The fourth-order valence-electron chi connectivity index (χ4n) is 3.20. The standard InChI is InChI=1S/C22H20N4O4/c1-28-17-10-9-15(18(29-2)19(17)30-3)22(27)24-14-7-4-6-13(12-14)20-25-16-8-5-11-23-21(16)26-20/h4-12H,1-3H3,(H,24,27)(H,23,25,26). The van der Waals surface area contributed by atoms with Gasteiger partial charge in [0.15, 0.2) is 17.1 Å². The van der Waals surface area contributed by atoms with E-state index in [0.29, 0.717) is 40.0 Å². The Balaban J connectivity index is 1.64. The molecular formula is C22H20N4O4. The maximum absolute atomic E-state index is 12.9. The summed E-state index contributed by atoms with van der Waals surface area (Å²) in [6.07, 6.45) is 1.69. The first-order chi connectivity index (χ1) is 14.6.